The number of carbonyl (C=O) groups excluding carboxylic acids is 2. The number of aromatic hydroxyl groups is 1. The third-order valence-corrected chi connectivity index (χ3v) is 3.53. The van der Waals surface area contributed by atoms with Crippen LogP contribution < -0.4 is 15.5 Å². The van der Waals surface area contributed by atoms with Crippen molar-refractivity contribution in [3.05, 3.63) is 52.5 Å². The van der Waals surface area contributed by atoms with Gasteiger partial charge in [-0.2, -0.15) is 5.10 Å². The Kier molecular flexibility index (Phi) is 6.57. The van der Waals surface area contributed by atoms with Crippen LogP contribution in [0.5, 0.6) is 11.5 Å². The minimum Gasteiger partial charge on any atom is -0.503 e. The lowest BCUT2D eigenvalue weighted by Crippen LogP contribution is -2.32. The van der Waals surface area contributed by atoms with E-state index < -0.39 is 11.8 Å². The third-order valence-electron chi connectivity index (χ3n) is 3.25. The van der Waals surface area contributed by atoms with E-state index in [-0.39, 0.29) is 16.5 Å². The molecule has 7 nitrogen and oxygen atoms in total. The summed E-state index contributed by atoms with van der Waals surface area (Å²) in [5, 5.41) is 16.0. The zero-order valence-corrected chi connectivity index (χ0v) is 15.0. The highest BCUT2D eigenvalue weighted by molar-refractivity contribution is 6.39. The number of anilines is 1. The maximum Gasteiger partial charge on any atom is 0.329 e. The number of hydrogen-bond acceptors (Lipinski definition) is 5. The molecule has 2 aromatic rings. The average Bonchev–Trinajstić information content (AvgIpc) is 2.61. The first-order valence-electron chi connectivity index (χ1n) is 7.77. The molecule has 0 aromatic heterocycles. The summed E-state index contributed by atoms with van der Waals surface area (Å²) in [5.41, 5.74) is 4.15. The summed E-state index contributed by atoms with van der Waals surface area (Å²) in [5.74, 6) is -1.74. The first-order valence-corrected chi connectivity index (χ1v) is 8.15. The lowest BCUT2D eigenvalue weighted by Gasteiger charge is -2.08. The van der Waals surface area contributed by atoms with Crippen molar-refractivity contribution in [2.75, 3.05) is 11.9 Å². The topological polar surface area (TPSA) is 100 Å². The van der Waals surface area contributed by atoms with Gasteiger partial charge in [-0.25, -0.2) is 5.43 Å². The molecule has 0 heterocycles. The Morgan fingerprint density at radius 3 is 2.58 bits per heavy atom. The zero-order valence-electron chi connectivity index (χ0n) is 14.2. The number of nitrogens with zero attached hydrogens (tertiary/aromatic N) is 1. The number of phenolic OH excluding ortho intramolecular Hbond substituents is 1. The van der Waals surface area contributed by atoms with Crippen LogP contribution in [-0.2, 0) is 9.59 Å². The number of hydrazone groups is 1. The fourth-order valence-corrected chi connectivity index (χ4v) is 2.19. The molecule has 0 atom stereocenters. The van der Waals surface area contributed by atoms with Crippen LogP contribution in [0.2, 0.25) is 5.02 Å². The Balaban J connectivity index is 1.97. The van der Waals surface area contributed by atoms with Gasteiger partial charge in [0.25, 0.3) is 0 Å². The van der Waals surface area contributed by atoms with Crippen molar-refractivity contribution in [3.63, 3.8) is 0 Å². The van der Waals surface area contributed by atoms with Gasteiger partial charge in [0.15, 0.2) is 11.5 Å². The van der Waals surface area contributed by atoms with E-state index in [1.165, 1.54) is 18.3 Å². The molecule has 0 aliphatic rings. The van der Waals surface area contributed by atoms with Crippen LogP contribution in [0.15, 0.2) is 41.5 Å². The second-order valence-corrected chi connectivity index (χ2v) is 5.71. The molecule has 2 aromatic carbocycles. The van der Waals surface area contributed by atoms with Gasteiger partial charge in [-0.1, -0.05) is 29.3 Å². The molecule has 3 N–H and O–H groups in total. The SMILES string of the molecule is CCOc1cc(/C=N/NC(=O)C(=O)Nc2ccc(C)cc2)cc(Cl)c1O. The number of benzene rings is 2. The molecule has 0 saturated heterocycles. The minimum absolute atomic E-state index is 0.0841. The summed E-state index contributed by atoms with van der Waals surface area (Å²) in [6.07, 6.45) is 1.28. The number of carbonyl (C=O) groups is 2. The molecule has 0 fully saturated rings. The van der Waals surface area contributed by atoms with E-state index in [9.17, 15) is 14.7 Å². The van der Waals surface area contributed by atoms with Gasteiger partial charge in [0.05, 0.1) is 17.8 Å². The summed E-state index contributed by atoms with van der Waals surface area (Å²) >= 11 is 5.90. The Hall–Kier alpha value is -3.06. The predicted octanol–water partition coefficient (Wildman–Crippen LogP) is 2.84. The first kappa shape index (κ1) is 19.3. The quantitative estimate of drug-likeness (QED) is 0.425. The Morgan fingerprint density at radius 2 is 1.92 bits per heavy atom. The van der Waals surface area contributed by atoms with E-state index in [0.717, 1.165) is 5.56 Å². The number of nitrogens with one attached hydrogen (secondary N) is 2. The summed E-state index contributed by atoms with van der Waals surface area (Å²) in [6, 6.07) is 9.97. The number of halogens is 1. The van der Waals surface area contributed by atoms with E-state index in [1.54, 1.807) is 19.1 Å². The highest BCUT2D eigenvalue weighted by atomic mass is 35.5. The summed E-state index contributed by atoms with van der Waals surface area (Å²) in [7, 11) is 0. The molecule has 0 bridgehead atoms. The number of hydrogen-bond donors (Lipinski definition) is 3. The first-order chi connectivity index (χ1) is 12.4. The van der Waals surface area contributed by atoms with Crippen molar-refractivity contribution in [3.8, 4) is 11.5 Å². The highest BCUT2D eigenvalue weighted by Crippen LogP contribution is 2.34. The van der Waals surface area contributed by atoms with Crippen molar-refractivity contribution < 1.29 is 19.4 Å². The van der Waals surface area contributed by atoms with E-state index in [0.29, 0.717) is 17.9 Å². The molecule has 136 valence electrons. The van der Waals surface area contributed by atoms with Crippen LogP contribution >= 0.6 is 11.6 Å². The number of amides is 2. The molecule has 2 amide bonds. The fraction of sp³-hybridized carbons (Fsp3) is 0.167. The number of aryl methyl sites for hydroxylation is 1. The number of phenols is 1. The van der Waals surface area contributed by atoms with Crippen LogP contribution in [0.25, 0.3) is 0 Å². The molecule has 8 heteroatoms. The Morgan fingerprint density at radius 1 is 1.23 bits per heavy atom. The summed E-state index contributed by atoms with van der Waals surface area (Å²) in [6.45, 7) is 4.03. The van der Waals surface area contributed by atoms with Gasteiger partial charge < -0.3 is 15.2 Å². The van der Waals surface area contributed by atoms with Crippen LogP contribution in [0.1, 0.15) is 18.1 Å². The molecule has 0 aliphatic carbocycles. The van der Waals surface area contributed by atoms with Crippen LogP contribution in [0, 0.1) is 6.92 Å². The summed E-state index contributed by atoms with van der Waals surface area (Å²) in [4.78, 5) is 23.6. The monoisotopic (exact) mass is 375 g/mol. The molecule has 0 aliphatic heterocycles. The lowest BCUT2D eigenvalue weighted by molar-refractivity contribution is -0.136. The zero-order chi connectivity index (χ0) is 19.1. The Labute approximate surface area is 155 Å². The van der Waals surface area contributed by atoms with Gasteiger partial charge in [-0.15, -0.1) is 0 Å². The maximum atomic E-state index is 11.8. The predicted molar refractivity (Wildman–Crippen MR) is 99.8 cm³/mol. The maximum absolute atomic E-state index is 11.8. The summed E-state index contributed by atoms with van der Waals surface area (Å²) < 4.78 is 5.25. The van der Waals surface area contributed by atoms with Gasteiger partial charge in [0.1, 0.15) is 0 Å². The molecule has 0 unspecified atom stereocenters. The molecule has 26 heavy (non-hydrogen) atoms. The minimum atomic E-state index is -0.920. The normalized spacial score (nSPS) is 10.6. The van der Waals surface area contributed by atoms with Gasteiger partial charge in [-0.05, 0) is 43.7 Å². The van der Waals surface area contributed by atoms with Crippen molar-refractivity contribution >= 4 is 35.3 Å². The van der Waals surface area contributed by atoms with Crippen molar-refractivity contribution in [2.45, 2.75) is 13.8 Å². The van der Waals surface area contributed by atoms with E-state index >= 15 is 0 Å². The van der Waals surface area contributed by atoms with E-state index in [1.807, 2.05) is 19.1 Å². The molecular weight excluding hydrogens is 358 g/mol. The smallest absolute Gasteiger partial charge is 0.329 e. The molecule has 0 radical (unpaired) electrons. The second kappa shape index (κ2) is 8.87. The van der Waals surface area contributed by atoms with E-state index in [4.69, 9.17) is 16.3 Å². The van der Waals surface area contributed by atoms with Gasteiger partial charge in [0.2, 0.25) is 0 Å². The highest BCUT2D eigenvalue weighted by Gasteiger charge is 2.13. The van der Waals surface area contributed by atoms with Crippen LogP contribution in [-0.4, -0.2) is 29.7 Å². The molecule has 0 spiro atoms. The van der Waals surface area contributed by atoms with Gasteiger partial charge in [-0.3, -0.25) is 9.59 Å². The van der Waals surface area contributed by atoms with Gasteiger partial charge >= 0.3 is 11.8 Å². The van der Waals surface area contributed by atoms with Crippen LogP contribution in [0.4, 0.5) is 5.69 Å². The number of rotatable bonds is 5. The third kappa shape index (κ3) is 5.22. The van der Waals surface area contributed by atoms with Crippen molar-refractivity contribution in [1.29, 1.82) is 0 Å². The van der Waals surface area contributed by atoms with Gasteiger partial charge in [0, 0.05) is 5.69 Å². The fourth-order valence-electron chi connectivity index (χ4n) is 1.97. The number of ether oxygens (including phenoxy) is 1. The van der Waals surface area contributed by atoms with Crippen molar-refractivity contribution in [1.82, 2.24) is 5.43 Å². The standard InChI is InChI=1S/C18H18ClN3O4/c1-3-26-15-9-12(8-14(19)16(15)23)10-20-22-18(25)17(24)21-13-6-4-11(2)5-7-13/h4-10,23H,3H2,1-2H3,(H,21,24)(H,22,25)/b20-10+. The van der Waals surface area contributed by atoms with E-state index in [2.05, 4.69) is 15.8 Å². The Bertz CT molecular complexity index is 835. The average molecular weight is 376 g/mol. The van der Waals surface area contributed by atoms with Crippen molar-refractivity contribution in [2.24, 2.45) is 5.10 Å². The molecular formula is C18H18ClN3O4. The largest absolute Gasteiger partial charge is 0.503 e. The molecule has 2 rings (SSSR count). The lowest BCUT2D eigenvalue weighted by atomic mass is 10.2. The second-order valence-electron chi connectivity index (χ2n) is 5.30. The molecule has 0 saturated carbocycles. The van der Waals surface area contributed by atoms with Crippen LogP contribution in [0.3, 0.4) is 0 Å².